The lowest BCUT2D eigenvalue weighted by Crippen LogP contribution is -2.58. The van der Waals surface area contributed by atoms with Gasteiger partial charge in [0.05, 0.1) is 6.04 Å². The van der Waals surface area contributed by atoms with Gasteiger partial charge in [0.15, 0.2) is 0 Å². The van der Waals surface area contributed by atoms with Crippen LogP contribution in [0.25, 0.3) is 10.9 Å². The van der Waals surface area contributed by atoms with Crippen molar-refractivity contribution in [2.45, 2.75) is 38.5 Å². The van der Waals surface area contributed by atoms with Gasteiger partial charge in [0.1, 0.15) is 12.1 Å². The summed E-state index contributed by atoms with van der Waals surface area (Å²) in [6.07, 6.45) is 1.56. The number of aromatic nitrogens is 1. The SMILES string of the molecule is CC(NC(=O)C(C)(Cc1c[nH]c2ccccc12)NC(=O)OCc1cccs1)c1ccccc1. The number of aromatic amines is 1. The molecule has 2 atom stereocenters. The van der Waals surface area contributed by atoms with Crippen molar-refractivity contribution >= 4 is 34.2 Å². The standard InChI is InChI=1S/C26H27N3O3S/c1-18(19-9-4-3-5-10-19)28-24(30)26(2,29-25(31)32-17-21-11-8-14-33-21)15-20-16-27-23-13-7-6-12-22(20)23/h3-14,16,18,27H,15,17H2,1-2H3,(H,28,30)(H,29,31). The van der Waals surface area contributed by atoms with E-state index in [0.717, 1.165) is 26.9 Å². The number of hydrogen-bond acceptors (Lipinski definition) is 4. The van der Waals surface area contributed by atoms with Gasteiger partial charge < -0.3 is 20.4 Å². The molecular weight excluding hydrogens is 434 g/mol. The van der Waals surface area contributed by atoms with Crippen LogP contribution in [-0.4, -0.2) is 22.5 Å². The minimum Gasteiger partial charge on any atom is -0.444 e. The van der Waals surface area contributed by atoms with Crippen LogP contribution in [0, 0.1) is 0 Å². The third-order valence-corrected chi connectivity index (χ3v) is 6.52. The summed E-state index contributed by atoms with van der Waals surface area (Å²) in [6.45, 7) is 3.82. The van der Waals surface area contributed by atoms with E-state index in [1.807, 2.05) is 85.2 Å². The number of alkyl carbamates (subject to hydrolysis) is 1. The molecule has 4 aromatic rings. The summed E-state index contributed by atoms with van der Waals surface area (Å²) in [7, 11) is 0. The van der Waals surface area contributed by atoms with E-state index in [-0.39, 0.29) is 18.6 Å². The van der Waals surface area contributed by atoms with E-state index in [1.165, 1.54) is 11.3 Å². The average Bonchev–Trinajstić information content (AvgIpc) is 3.48. The number of ether oxygens (including phenoxy) is 1. The molecule has 6 nitrogen and oxygen atoms in total. The molecule has 0 saturated heterocycles. The first-order valence-corrected chi connectivity index (χ1v) is 11.7. The molecule has 33 heavy (non-hydrogen) atoms. The maximum atomic E-state index is 13.5. The second-order valence-corrected chi connectivity index (χ2v) is 9.29. The first-order valence-electron chi connectivity index (χ1n) is 10.8. The Hall–Kier alpha value is -3.58. The molecule has 2 unspecified atom stereocenters. The van der Waals surface area contributed by atoms with E-state index in [0.29, 0.717) is 6.42 Å². The van der Waals surface area contributed by atoms with Crippen LogP contribution < -0.4 is 10.6 Å². The van der Waals surface area contributed by atoms with Crippen LogP contribution in [0.2, 0.25) is 0 Å². The van der Waals surface area contributed by atoms with Gasteiger partial charge in [-0.15, -0.1) is 11.3 Å². The number of benzene rings is 2. The number of amides is 2. The molecule has 4 rings (SSSR count). The highest BCUT2D eigenvalue weighted by molar-refractivity contribution is 7.09. The largest absolute Gasteiger partial charge is 0.444 e. The maximum Gasteiger partial charge on any atom is 0.408 e. The average molecular weight is 462 g/mol. The zero-order chi connectivity index (χ0) is 23.3. The van der Waals surface area contributed by atoms with Gasteiger partial charge in [-0.25, -0.2) is 4.79 Å². The van der Waals surface area contributed by atoms with E-state index in [1.54, 1.807) is 6.92 Å². The molecule has 7 heteroatoms. The number of fused-ring (bicyclic) bond motifs is 1. The fraction of sp³-hybridized carbons (Fsp3) is 0.231. The highest BCUT2D eigenvalue weighted by atomic mass is 32.1. The normalized spacial score (nSPS) is 13.8. The highest BCUT2D eigenvalue weighted by Crippen LogP contribution is 2.24. The molecule has 0 saturated carbocycles. The molecule has 3 N–H and O–H groups in total. The Balaban J connectivity index is 1.54. The van der Waals surface area contributed by atoms with Crippen LogP contribution in [0.15, 0.2) is 78.3 Å². The van der Waals surface area contributed by atoms with Crippen LogP contribution in [-0.2, 0) is 22.6 Å². The maximum absolute atomic E-state index is 13.5. The Labute approximate surface area is 197 Å². The molecule has 0 aliphatic carbocycles. The summed E-state index contributed by atoms with van der Waals surface area (Å²) >= 11 is 1.51. The van der Waals surface area contributed by atoms with E-state index < -0.39 is 11.6 Å². The molecule has 2 amide bonds. The topological polar surface area (TPSA) is 83.2 Å². The van der Waals surface area contributed by atoms with Crippen LogP contribution in [0.1, 0.15) is 35.9 Å². The fourth-order valence-corrected chi connectivity index (χ4v) is 4.43. The summed E-state index contributed by atoms with van der Waals surface area (Å²) in [6, 6.07) is 21.2. The third-order valence-electron chi connectivity index (χ3n) is 5.67. The summed E-state index contributed by atoms with van der Waals surface area (Å²) < 4.78 is 5.40. The number of hydrogen-bond donors (Lipinski definition) is 3. The van der Waals surface area contributed by atoms with Crippen molar-refractivity contribution in [2.75, 3.05) is 0 Å². The van der Waals surface area contributed by atoms with Crippen LogP contribution in [0.4, 0.5) is 4.79 Å². The van der Waals surface area contributed by atoms with Gasteiger partial charge in [-0.3, -0.25) is 4.79 Å². The third kappa shape index (κ3) is 5.43. The van der Waals surface area contributed by atoms with Crippen LogP contribution >= 0.6 is 11.3 Å². The quantitative estimate of drug-likeness (QED) is 0.331. The Morgan fingerprint density at radius 3 is 2.58 bits per heavy atom. The van der Waals surface area contributed by atoms with Crippen molar-refractivity contribution in [3.63, 3.8) is 0 Å². The minimum atomic E-state index is -1.22. The molecule has 0 radical (unpaired) electrons. The van der Waals surface area contributed by atoms with Crippen molar-refractivity contribution < 1.29 is 14.3 Å². The van der Waals surface area contributed by atoms with E-state index in [9.17, 15) is 9.59 Å². The summed E-state index contributed by atoms with van der Waals surface area (Å²) in [5.74, 6) is -0.280. The Morgan fingerprint density at radius 2 is 1.82 bits per heavy atom. The van der Waals surface area contributed by atoms with E-state index in [2.05, 4.69) is 15.6 Å². The van der Waals surface area contributed by atoms with Gasteiger partial charge >= 0.3 is 6.09 Å². The van der Waals surface area contributed by atoms with Crippen molar-refractivity contribution in [1.82, 2.24) is 15.6 Å². The fourth-order valence-electron chi connectivity index (χ4n) is 3.81. The molecule has 0 fully saturated rings. The number of thiophene rings is 1. The van der Waals surface area contributed by atoms with Gasteiger partial charge in [0.25, 0.3) is 0 Å². The Bertz CT molecular complexity index is 1220. The molecule has 2 heterocycles. The lowest BCUT2D eigenvalue weighted by molar-refractivity contribution is -0.127. The van der Waals surface area contributed by atoms with Gasteiger partial charge in [-0.2, -0.15) is 0 Å². The number of carbonyl (C=O) groups is 2. The van der Waals surface area contributed by atoms with Gasteiger partial charge in [-0.1, -0.05) is 54.6 Å². The van der Waals surface area contributed by atoms with Crippen LogP contribution in [0.5, 0.6) is 0 Å². The lowest BCUT2D eigenvalue weighted by Gasteiger charge is -2.30. The van der Waals surface area contributed by atoms with E-state index in [4.69, 9.17) is 4.74 Å². The first kappa shape index (κ1) is 22.6. The number of H-pyrrole nitrogens is 1. The predicted octanol–water partition coefficient (Wildman–Crippen LogP) is 5.33. The molecule has 0 aliphatic rings. The molecule has 0 bridgehead atoms. The number of nitrogens with one attached hydrogen (secondary N) is 3. The van der Waals surface area contributed by atoms with Crippen molar-refractivity contribution in [3.05, 3.63) is 94.3 Å². The molecule has 170 valence electrons. The lowest BCUT2D eigenvalue weighted by atomic mass is 9.91. The molecule has 0 spiro atoms. The van der Waals surface area contributed by atoms with Gasteiger partial charge in [0.2, 0.25) is 5.91 Å². The summed E-state index contributed by atoms with van der Waals surface area (Å²) in [5.41, 5.74) is 1.68. The number of carbonyl (C=O) groups excluding carboxylic acids is 2. The number of rotatable bonds is 8. The smallest absolute Gasteiger partial charge is 0.408 e. The zero-order valence-electron chi connectivity index (χ0n) is 18.6. The zero-order valence-corrected chi connectivity index (χ0v) is 19.4. The van der Waals surface area contributed by atoms with Crippen LogP contribution in [0.3, 0.4) is 0 Å². The molecule has 2 aromatic carbocycles. The predicted molar refractivity (Wildman–Crippen MR) is 131 cm³/mol. The Kier molecular flexibility index (Phi) is 6.79. The first-order chi connectivity index (χ1) is 15.9. The minimum absolute atomic E-state index is 0.161. The van der Waals surface area contributed by atoms with E-state index >= 15 is 0 Å². The summed E-state index contributed by atoms with van der Waals surface area (Å²) in [5, 5.41) is 8.83. The molecule has 2 aromatic heterocycles. The van der Waals surface area contributed by atoms with Crippen molar-refractivity contribution in [3.8, 4) is 0 Å². The number of para-hydroxylation sites is 1. The van der Waals surface area contributed by atoms with Crippen molar-refractivity contribution in [2.24, 2.45) is 0 Å². The van der Waals surface area contributed by atoms with Gasteiger partial charge in [0, 0.05) is 28.4 Å². The van der Waals surface area contributed by atoms with Crippen molar-refractivity contribution in [1.29, 1.82) is 0 Å². The van der Waals surface area contributed by atoms with Gasteiger partial charge in [-0.05, 0) is 42.5 Å². The second kappa shape index (κ2) is 9.92. The summed E-state index contributed by atoms with van der Waals surface area (Å²) in [4.78, 5) is 30.4. The molecular formula is C26H27N3O3S. The molecule has 0 aliphatic heterocycles. The second-order valence-electron chi connectivity index (χ2n) is 8.25. The Morgan fingerprint density at radius 1 is 1.06 bits per heavy atom. The monoisotopic (exact) mass is 461 g/mol. The highest BCUT2D eigenvalue weighted by Gasteiger charge is 2.37.